The van der Waals surface area contributed by atoms with Crippen molar-refractivity contribution in [1.29, 1.82) is 0 Å². The number of piperidine rings is 1. The largest absolute Gasteiger partial charge is 0.346 e. The summed E-state index contributed by atoms with van der Waals surface area (Å²) in [6, 6.07) is 2.81. The smallest absolute Gasteiger partial charge is 0.181 e. The Labute approximate surface area is 126 Å². The quantitative estimate of drug-likeness (QED) is 0.857. The monoisotopic (exact) mass is 291 g/mol. The number of nitrogens with zero attached hydrogens (tertiary/aromatic N) is 3. The number of hydrogen-bond acceptors (Lipinski definition) is 4. The van der Waals surface area contributed by atoms with Gasteiger partial charge in [-0.2, -0.15) is 5.10 Å². The molecule has 0 unspecified atom stereocenters. The van der Waals surface area contributed by atoms with Gasteiger partial charge in [-0.05, 0) is 31.9 Å². The van der Waals surface area contributed by atoms with Gasteiger partial charge < -0.3 is 9.47 Å². The number of rotatable bonds is 3. The first-order valence-electron chi connectivity index (χ1n) is 8.37. The maximum absolute atomic E-state index is 5.85. The van der Waals surface area contributed by atoms with Crippen LogP contribution in [0.4, 0.5) is 0 Å². The minimum atomic E-state index is -0.327. The van der Waals surface area contributed by atoms with Gasteiger partial charge in [0.15, 0.2) is 5.79 Å². The maximum atomic E-state index is 5.85. The molecule has 0 bridgehead atoms. The Morgan fingerprint density at radius 1 is 1.19 bits per heavy atom. The minimum absolute atomic E-state index is 0.327. The molecule has 2 aliphatic heterocycles. The van der Waals surface area contributed by atoms with Crippen LogP contribution in [-0.2, 0) is 16.0 Å². The molecule has 0 atom stereocenters. The Morgan fingerprint density at radius 2 is 2.00 bits per heavy atom. The van der Waals surface area contributed by atoms with E-state index in [-0.39, 0.29) is 5.79 Å². The summed E-state index contributed by atoms with van der Waals surface area (Å²) in [6.07, 6.45) is 9.61. The molecule has 0 aromatic carbocycles. The lowest BCUT2D eigenvalue weighted by Crippen LogP contribution is -2.48. The van der Waals surface area contributed by atoms with Crippen molar-refractivity contribution in [2.45, 2.75) is 56.9 Å². The molecule has 3 aliphatic rings. The molecular formula is C16H25N3O2. The zero-order valence-corrected chi connectivity index (χ0v) is 12.7. The van der Waals surface area contributed by atoms with Crippen LogP contribution in [0, 0.1) is 0 Å². The molecule has 1 spiro atoms. The summed E-state index contributed by atoms with van der Waals surface area (Å²) < 4.78 is 13.9. The van der Waals surface area contributed by atoms with Gasteiger partial charge in [0, 0.05) is 19.2 Å². The number of aromatic nitrogens is 2. The normalized spacial score (nSPS) is 26.9. The molecule has 1 saturated carbocycles. The summed E-state index contributed by atoms with van der Waals surface area (Å²) in [4.78, 5) is 2.43. The SMILES string of the molecule is c1cn(C2CCCC2)nc1CN1CCCC2(C1)OCCO2. The summed E-state index contributed by atoms with van der Waals surface area (Å²) in [5.74, 6) is -0.327. The highest BCUT2D eigenvalue weighted by atomic mass is 16.7. The zero-order valence-electron chi connectivity index (χ0n) is 12.7. The first-order valence-corrected chi connectivity index (χ1v) is 8.37. The van der Waals surface area contributed by atoms with Crippen LogP contribution in [0.1, 0.15) is 50.3 Å². The van der Waals surface area contributed by atoms with Crippen LogP contribution in [0.3, 0.4) is 0 Å². The average molecular weight is 291 g/mol. The van der Waals surface area contributed by atoms with E-state index < -0.39 is 0 Å². The van der Waals surface area contributed by atoms with Gasteiger partial charge in [0.25, 0.3) is 0 Å². The summed E-state index contributed by atoms with van der Waals surface area (Å²) in [5.41, 5.74) is 1.18. The molecule has 1 aliphatic carbocycles. The van der Waals surface area contributed by atoms with Crippen molar-refractivity contribution in [3.05, 3.63) is 18.0 Å². The van der Waals surface area contributed by atoms with E-state index in [4.69, 9.17) is 14.6 Å². The van der Waals surface area contributed by atoms with Crippen molar-refractivity contribution < 1.29 is 9.47 Å². The lowest BCUT2D eigenvalue weighted by Gasteiger charge is -2.38. The second-order valence-corrected chi connectivity index (χ2v) is 6.65. The first kappa shape index (κ1) is 13.7. The highest BCUT2D eigenvalue weighted by molar-refractivity contribution is 5.01. The Balaban J connectivity index is 1.39. The molecule has 0 amide bonds. The number of hydrogen-bond donors (Lipinski definition) is 0. The third kappa shape index (κ3) is 2.87. The summed E-state index contributed by atoms with van der Waals surface area (Å²) in [7, 11) is 0. The lowest BCUT2D eigenvalue weighted by atomic mass is 10.0. The molecule has 3 fully saturated rings. The zero-order chi connectivity index (χ0) is 14.1. The molecule has 4 rings (SSSR count). The fraction of sp³-hybridized carbons (Fsp3) is 0.812. The lowest BCUT2D eigenvalue weighted by molar-refractivity contribution is -0.190. The molecule has 3 heterocycles. The number of ether oxygens (including phenoxy) is 2. The molecule has 21 heavy (non-hydrogen) atoms. The molecular weight excluding hydrogens is 266 g/mol. The standard InChI is InChI=1S/C16H25N3O2/c1-2-5-15(4-1)19-9-6-14(17-19)12-18-8-3-7-16(13-18)20-10-11-21-16/h6,9,15H,1-5,7-8,10-13H2. The average Bonchev–Trinajstić information content (AvgIpc) is 3.20. The van der Waals surface area contributed by atoms with Crippen molar-refractivity contribution in [3.8, 4) is 0 Å². The molecule has 0 radical (unpaired) electrons. The van der Waals surface area contributed by atoms with Crippen molar-refractivity contribution >= 4 is 0 Å². The van der Waals surface area contributed by atoms with Crippen LogP contribution < -0.4 is 0 Å². The van der Waals surface area contributed by atoms with Gasteiger partial charge >= 0.3 is 0 Å². The predicted molar refractivity (Wildman–Crippen MR) is 78.9 cm³/mol. The van der Waals surface area contributed by atoms with Crippen LogP contribution in [0.25, 0.3) is 0 Å². The van der Waals surface area contributed by atoms with Gasteiger partial charge in [0.05, 0.1) is 31.5 Å². The number of likely N-dealkylation sites (tertiary alicyclic amines) is 1. The van der Waals surface area contributed by atoms with Gasteiger partial charge in [0.2, 0.25) is 0 Å². The van der Waals surface area contributed by atoms with E-state index in [1.807, 2.05) is 0 Å². The third-order valence-electron chi connectivity index (χ3n) is 5.06. The van der Waals surface area contributed by atoms with Gasteiger partial charge in [0.1, 0.15) is 0 Å². The summed E-state index contributed by atoms with van der Waals surface area (Å²) in [6.45, 7) is 4.39. The third-order valence-corrected chi connectivity index (χ3v) is 5.06. The van der Waals surface area contributed by atoms with Gasteiger partial charge in [-0.25, -0.2) is 0 Å². The molecule has 5 nitrogen and oxygen atoms in total. The van der Waals surface area contributed by atoms with E-state index in [1.165, 1.54) is 31.4 Å². The molecule has 5 heteroatoms. The van der Waals surface area contributed by atoms with Crippen molar-refractivity contribution in [2.24, 2.45) is 0 Å². The van der Waals surface area contributed by atoms with Crippen LogP contribution >= 0.6 is 0 Å². The molecule has 1 aromatic heterocycles. The molecule has 0 N–H and O–H groups in total. The highest BCUT2D eigenvalue weighted by Crippen LogP contribution is 2.31. The fourth-order valence-electron chi connectivity index (χ4n) is 4.00. The van der Waals surface area contributed by atoms with Crippen molar-refractivity contribution in [2.75, 3.05) is 26.3 Å². The Kier molecular flexibility index (Phi) is 3.73. The molecule has 2 saturated heterocycles. The van der Waals surface area contributed by atoms with E-state index in [0.29, 0.717) is 6.04 Å². The van der Waals surface area contributed by atoms with Gasteiger partial charge in [-0.15, -0.1) is 0 Å². The predicted octanol–water partition coefficient (Wildman–Crippen LogP) is 2.34. The van der Waals surface area contributed by atoms with Crippen LogP contribution in [0.15, 0.2) is 12.3 Å². The summed E-state index contributed by atoms with van der Waals surface area (Å²) in [5, 5.41) is 4.79. The first-order chi connectivity index (χ1) is 10.3. The topological polar surface area (TPSA) is 39.5 Å². The van der Waals surface area contributed by atoms with E-state index in [2.05, 4.69) is 21.8 Å². The van der Waals surface area contributed by atoms with Crippen LogP contribution in [0.5, 0.6) is 0 Å². The van der Waals surface area contributed by atoms with Gasteiger partial charge in [-0.1, -0.05) is 12.8 Å². The fourth-order valence-corrected chi connectivity index (χ4v) is 4.00. The van der Waals surface area contributed by atoms with Gasteiger partial charge in [-0.3, -0.25) is 9.58 Å². The molecule has 116 valence electrons. The van der Waals surface area contributed by atoms with E-state index in [0.717, 1.165) is 45.7 Å². The van der Waals surface area contributed by atoms with Crippen LogP contribution in [-0.4, -0.2) is 46.8 Å². The molecule has 1 aromatic rings. The second kappa shape index (κ2) is 5.71. The Hall–Kier alpha value is -0.910. The van der Waals surface area contributed by atoms with Crippen molar-refractivity contribution in [3.63, 3.8) is 0 Å². The Bertz CT molecular complexity index is 476. The van der Waals surface area contributed by atoms with Crippen molar-refractivity contribution in [1.82, 2.24) is 14.7 Å². The van der Waals surface area contributed by atoms with E-state index in [9.17, 15) is 0 Å². The van der Waals surface area contributed by atoms with E-state index >= 15 is 0 Å². The minimum Gasteiger partial charge on any atom is -0.346 e. The Morgan fingerprint density at radius 3 is 2.81 bits per heavy atom. The maximum Gasteiger partial charge on any atom is 0.181 e. The van der Waals surface area contributed by atoms with Crippen LogP contribution in [0.2, 0.25) is 0 Å². The van der Waals surface area contributed by atoms with E-state index in [1.54, 1.807) is 0 Å². The summed E-state index contributed by atoms with van der Waals surface area (Å²) >= 11 is 0. The highest BCUT2D eigenvalue weighted by Gasteiger charge is 2.40. The second-order valence-electron chi connectivity index (χ2n) is 6.65.